The first kappa shape index (κ1) is 27.4. The molecular formula is C31H38N2O5. The summed E-state index contributed by atoms with van der Waals surface area (Å²) in [5.74, 6) is 2.00. The molecule has 0 N–H and O–H groups in total. The summed E-state index contributed by atoms with van der Waals surface area (Å²) in [4.78, 5) is 31.8. The van der Waals surface area contributed by atoms with Gasteiger partial charge in [0.25, 0.3) is 0 Å². The number of esters is 1. The number of carbonyl (C=O) groups is 2. The van der Waals surface area contributed by atoms with Gasteiger partial charge in [0, 0.05) is 19.0 Å². The van der Waals surface area contributed by atoms with Crippen LogP contribution in [0, 0.1) is 12.8 Å². The number of ether oxygens (including phenoxy) is 2. The molecule has 0 spiro atoms. The highest BCUT2D eigenvalue weighted by molar-refractivity contribution is 5.92. The number of amides is 1. The Morgan fingerprint density at radius 3 is 2.76 bits per heavy atom. The summed E-state index contributed by atoms with van der Waals surface area (Å²) >= 11 is 0. The average molecular weight is 519 g/mol. The van der Waals surface area contributed by atoms with Crippen LogP contribution in [-0.4, -0.2) is 42.0 Å². The van der Waals surface area contributed by atoms with E-state index in [4.69, 9.17) is 13.9 Å². The molecule has 38 heavy (non-hydrogen) atoms. The molecule has 1 aliphatic carbocycles. The largest absolute Gasteiger partial charge is 0.493 e. The number of nitrogens with zero attached hydrogens (tertiary/aromatic N) is 2. The van der Waals surface area contributed by atoms with Gasteiger partial charge in [-0.3, -0.25) is 4.79 Å². The third-order valence-corrected chi connectivity index (χ3v) is 7.27. The molecule has 0 radical (unpaired) electrons. The van der Waals surface area contributed by atoms with Crippen LogP contribution < -0.4 is 4.74 Å². The second kappa shape index (κ2) is 13.3. The molecule has 2 heterocycles. The van der Waals surface area contributed by atoms with E-state index in [0.717, 1.165) is 22.6 Å². The van der Waals surface area contributed by atoms with Crippen LogP contribution in [0.4, 0.5) is 0 Å². The number of oxazole rings is 1. The Kier molecular flexibility index (Phi) is 9.57. The zero-order valence-electron chi connectivity index (χ0n) is 22.7. The lowest BCUT2D eigenvalue weighted by Gasteiger charge is -2.35. The molecule has 1 aromatic heterocycles. The van der Waals surface area contributed by atoms with E-state index in [2.05, 4.69) is 11.1 Å². The molecule has 202 valence electrons. The van der Waals surface area contributed by atoms with Crippen molar-refractivity contribution in [3.05, 3.63) is 77.1 Å². The van der Waals surface area contributed by atoms with Crippen molar-refractivity contribution < 1.29 is 23.5 Å². The van der Waals surface area contributed by atoms with Crippen LogP contribution in [0.15, 0.2) is 53.0 Å². The third kappa shape index (κ3) is 6.82. The fraction of sp³-hybridized carbons (Fsp3) is 0.452. The topological polar surface area (TPSA) is 81.9 Å². The Morgan fingerprint density at radius 1 is 1.18 bits per heavy atom. The van der Waals surface area contributed by atoms with Gasteiger partial charge in [0.2, 0.25) is 11.8 Å². The smallest absolute Gasteiger partial charge is 0.333 e. The number of benzene rings is 1. The van der Waals surface area contributed by atoms with E-state index in [1.807, 2.05) is 44.2 Å². The first-order valence-corrected chi connectivity index (χ1v) is 13.6. The van der Waals surface area contributed by atoms with E-state index in [1.165, 1.54) is 45.3 Å². The van der Waals surface area contributed by atoms with Crippen molar-refractivity contribution in [2.24, 2.45) is 5.92 Å². The third-order valence-electron chi connectivity index (χ3n) is 7.27. The molecule has 7 nitrogen and oxygen atoms in total. The van der Waals surface area contributed by atoms with Gasteiger partial charge in [0.1, 0.15) is 11.5 Å². The lowest BCUT2D eigenvalue weighted by Crippen LogP contribution is -2.43. The number of rotatable bonds is 9. The van der Waals surface area contributed by atoms with Crippen LogP contribution in [0.5, 0.6) is 5.75 Å². The predicted molar refractivity (Wildman–Crippen MR) is 147 cm³/mol. The second-order valence-corrected chi connectivity index (χ2v) is 9.86. The normalized spacial score (nSPS) is 18.4. The van der Waals surface area contributed by atoms with Gasteiger partial charge in [-0.15, -0.1) is 0 Å². The minimum absolute atomic E-state index is 0.231. The van der Waals surface area contributed by atoms with Crippen molar-refractivity contribution in [3.8, 4) is 5.75 Å². The van der Waals surface area contributed by atoms with Gasteiger partial charge >= 0.3 is 5.97 Å². The van der Waals surface area contributed by atoms with E-state index in [1.54, 1.807) is 17.1 Å². The first-order valence-electron chi connectivity index (χ1n) is 13.6. The van der Waals surface area contributed by atoms with E-state index < -0.39 is 12.0 Å². The maximum absolute atomic E-state index is 12.8. The Balaban J connectivity index is 1.42. The zero-order chi connectivity index (χ0) is 26.9. The van der Waals surface area contributed by atoms with E-state index in [9.17, 15) is 9.59 Å². The molecular weight excluding hydrogens is 480 g/mol. The number of fused-ring (bicyclic) bond motifs is 1. The molecule has 1 aromatic carbocycles. The molecule has 0 saturated heterocycles. The highest BCUT2D eigenvalue weighted by atomic mass is 16.5. The molecule has 1 aliphatic heterocycles. The van der Waals surface area contributed by atoms with Crippen LogP contribution in [0.3, 0.4) is 0 Å². The molecule has 1 unspecified atom stereocenters. The summed E-state index contributed by atoms with van der Waals surface area (Å²) in [6, 6.07) is 4.91. The monoisotopic (exact) mass is 518 g/mol. The lowest BCUT2D eigenvalue weighted by atomic mass is 9.89. The summed E-state index contributed by atoms with van der Waals surface area (Å²) in [5, 5.41) is 0. The van der Waals surface area contributed by atoms with Crippen molar-refractivity contribution in [1.82, 2.24) is 9.88 Å². The van der Waals surface area contributed by atoms with E-state index in [0.29, 0.717) is 43.6 Å². The fourth-order valence-corrected chi connectivity index (χ4v) is 5.20. The number of aryl methyl sites for hydroxylation is 1. The molecule has 1 saturated carbocycles. The standard InChI is InChI=1S/C31H38N2O5/c1-4-5-7-12-29(34)33-19-17-24-14-15-25(21-26(24)30(33)31(35)36-3)37-20-18-27-22(2)38-28(32-27)16-13-23-10-8-6-9-11-23/h4-5,7,12-16,21,23,30H,6,8-11,17-20H2,1-3H3/b5-4?,12-7?,16-13+. The number of methoxy groups -OCH3 is 1. The van der Waals surface area contributed by atoms with Crippen molar-refractivity contribution in [2.45, 2.75) is 64.8 Å². The van der Waals surface area contributed by atoms with Gasteiger partial charge in [0.15, 0.2) is 6.04 Å². The number of carbonyl (C=O) groups excluding carboxylic acids is 2. The summed E-state index contributed by atoms with van der Waals surface area (Å²) in [7, 11) is 1.34. The summed E-state index contributed by atoms with van der Waals surface area (Å²) in [6.07, 6.45) is 18.7. The Labute approximate surface area is 225 Å². The van der Waals surface area contributed by atoms with Crippen LogP contribution in [-0.2, 0) is 27.2 Å². The molecule has 0 bridgehead atoms. The number of hydrogen-bond acceptors (Lipinski definition) is 6. The molecule has 1 fully saturated rings. The van der Waals surface area contributed by atoms with Gasteiger partial charge in [-0.05, 0) is 68.4 Å². The number of aromatic nitrogens is 1. The molecule has 2 aromatic rings. The summed E-state index contributed by atoms with van der Waals surface area (Å²) < 4.78 is 17.0. The maximum atomic E-state index is 12.8. The van der Waals surface area contributed by atoms with Crippen molar-refractivity contribution >= 4 is 18.0 Å². The van der Waals surface area contributed by atoms with Crippen LogP contribution in [0.1, 0.15) is 73.5 Å². The lowest BCUT2D eigenvalue weighted by molar-refractivity contribution is -0.152. The summed E-state index contributed by atoms with van der Waals surface area (Å²) in [5.41, 5.74) is 2.63. The second-order valence-electron chi connectivity index (χ2n) is 9.86. The first-order chi connectivity index (χ1) is 18.5. The van der Waals surface area contributed by atoms with Crippen molar-refractivity contribution in [1.29, 1.82) is 0 Å². The average Bonchev–Trinajstić information content (AvgIpc) is 3.30. The highest BCUT2D eigenvalue weighted by Gasteiger charge is 2.36. The van der Waals surface area contributed by atoms with E-state index in [-0.39, 0.29) is 5.91 Å². The van der Waals surface area contributed by atoms with Crippen molar-refractivity contribution in [3.63, 3.8) is 0 Å². The molecule has 4 rings (SSSR count). The Bertz CT molecular complexity index is 1200. The highest BCUT2D eigenvalue weighted by Crippen LogP contribution is 2.34. The number of hydrogen-bond donors (Lipinski definition) is 0. The van der Waals surface area contributed by atoms with Crippen LogP contribution >= 0.6 is 0 Å². The Morgan fingerprint density at radius 2 is 2.00 bits per heavy atom. The van der Waals surface area contributed by atoms with Crippen molar-refractivity contribution in [2.75, 3.05) is 20.3 Å². The molecule has 1 amide bonds. The van der Waals surface area contributed by atoms with Crippen LogP contribution in [0.25, 0.3) is 6.08 Å². The van der Waals surface area contributed by atoms with Gasteiger partial charge in [-0.2, -0.15) is 0 Å². The molecule has 2 aliphatic rings. The summed E-state index contributed by atoms with van der Waals surface area (Å²) in [6.45, 7) is 4.66. The SMILES string of the molecule is CC=CC=CC(=O)N1CCc2ccc(OCCc3nc(/C=C/C4CCCCC4)oc3C)cc2C1C(=O)OC. The quantitative estimate of drug-likeness (QED) is 0.233. The minimum atomic E-state index is -0.814. The van der Waals surface area contributed by atoms with Crippen LogP contribution in [0.2, 0.25) is 0 Å². The van der Waals surface area contributed by atoms with Gasteiger partial charge < -0.3 is 18.8 Å². The molecule has 1 atom stereocenters. The maximum Gasteiger partial charge on any atom is 0.333 e. The fourth-order valence-electron chi connectivity index (χ4n) is 5.20. The predicted octanol–water partition coefficient (Wildman–Crippen LogP) is 5.93. The van der Waals surface area contributed by atoms with Gasteiger partial charge in [0.05, 0.1) is 19.4 Å². The van der Waals surface area contributed by atoms with Gasteiger partial charge in [-0.25, -0.2) is 9.78 Å². The van der Waals surface area contributed by atoms with E-state index >= 15 is 0 Å². The zero-order valence-corrected chi connectivity index (χ0v) is 22.7. The minimum Gasteiger partial charge on any atom is -0.493 e. The molecule has 7 heteroatoms. The van der Waals surface area contributed by atoms with Gasteiger partial charge in [-0.1, -0.05) is 49.6 Å². The number of allylic oxidation sites excluding steroid dienone is 4. The Hall–Kier alpha value is -3.61.